The molecule has 0 atom stereocenters. The van der Waals surface area contributed by atoms with Crippen molar-refractivity contribution in [2.24, 2.45) is 5.41 Å². The molecule has 1 N–H and O–H groups in total. The van der Waals surface area contributed by atoms with Crippen LogP contribution in [0.2, 0.25) is 0 Å². The molecule has 0 radical (unpaired) electrons. The van der Waals surface area contributed by atoms with Gasteiger partial charge in [-0.2, -0.15) is 5.10 Å². The Labute approximate surface area is 123 Å². The fourth-order valence-corrected chi connectivity index (χ4v) is 2.02. The summed E-state index contributed by atoms with van der Waals surface area (Å²) in [4.78, 5) is 23.4. The molecule has 0 spiro atoms. The highest BCUT2D eigenvalue weighted by atomic mass is 16.4. The van der Waals surface area contributed by atoms with E-state index in [2.05, 4.69) is 5.10 Å². The summed E-state index contributed by atoms with van der Waals surface area (Å²) in [6.45, 7) is 4.84. The lowest BCUT2D eigenvalue weighted by Crippen LogP contribution is -2.27. The normalized spacial score (nSPS) is 11.4. The highest BCUT2D eigenvalue weighted by molar-refractivity contribution is 5.99. The van der Waals surface area contributed by atoms with Crippen LogP contribution in [0.1, 0.15) is 36.3 Å². The summed E-state index contributed by atoms with van der Waals surface area (Å²) in [5, 5.41) is 13.4. The maximum atomic E-state index is 12.3. The highest BCUT2D eigenvalue weighted by Gasteiger charge is 2.31. The number of hydrogen-bond acceptors (Lipinski definition) is 3. The first-order valence-corrected chi connectivity index (χ1v) is 6.69. The summed E-state index contributed by atoms with van der Waals surface area (Å²) < 4.78 is 1.64. The number of carboxylic acids is 1. The van der Waals surface area contributed by atoms with Crippen LogP contribution in [0.15, 0.2) is 36.5 Å². The maximum Gasteiger partial charge on any atom is 0.309 e. The van der Waals surface area contributed by atoms with Crippen LogP contribution >= 0.6 is 0 Å². The number of aliphatic carboxylic acids is 1. The molecule has 5 heteroatoms. The number of aryl methyl sites for hydroxylation is 1. The van der Waals surface area contributed by atoms with E-state index in [0.717, 1.165) is 5.69 Å². The van der Waals surface area contributed by atoms with Gasteiger partial charge in [0.25, 0.3) is 0 Å². The van der Waals surface area contributed by atoms with Gasteiger partial charge in [-0.25, -0.2) is 4.68 Å². The summed E-state index contributed by atoms with van der Waals surface area (Å²) in [6, 6.07) is 9.47. The van der Waals surface area contributed by atoms with Crippen LogP contribution in [-0.2, 0) is 4.79 Å². The minimum atomic E-state index is -1.08. The van der Waals surface area contributed by atoms with Crippen LogP contribution in [0.3, 0.4) is 0 Å². The lowest BCUT2D eigenvalue weighted by molar-refractivity contribution is -0.146. The number of benzene rings is 1. The second-order valence-electron chi connectivity index (χ2n) is 5.70. The molecule has 0 fully saturated rings. The van der Waals surface area contributed by atoms with Crippen molar-refractivity contribution in [1.29, 1.82) is 0 Å². The number of aromatic nitrogens is 2. The van der Waals surface area contributed by atoms with Crippen LogP contribution in [0.5, 0.6) is 0 Å². The van der Waals surface area contributed by atoms with Crippen molar-refractivity contribution in [3.63, 3.8) is 0 Å². The van der Waals surface area contributed by atoms with E-state index in [1.807, 2.05) is 30.3 Å². The SMILES string of the molecule is Cc1nn(-c2ccccc2)cc1C(=O)CC(C)(C)C(=O)O. The van der Waals surface area contributed by atoms with Crippen molar-refractivity contribution >= 4 is 11.8 Å². The topological polar surface area (TPSA) is 72.2 Å². The molecule has 0 aliphatic carbocycles. The molecule has 21 heavy (non-hydrogen) atoms. The first-order chi connectivity index (χ1) is 9.81. The lowest BCUT2D eigenvalue weighted by Gasteiger charge is -2.17. The molecule has 0 saturated heterocycles. The number of carbonyl (C=O) groups excluding carboxylic acids is 1. The number of ketones is 1. The largest absolute Gasteiger partial charge is 0.481 e. The smallest absolute Gasteiger partial charge is 0.309 e. The van der Waals surface area contributed by atoms with Gasteiger partial charge in [0.05, 0.1) is 22.4 Å². The lowest BCUT2D eigenvalue weighted by atomic mass is 9.86. The Balaban J connectivity index is 2.28. The number of para-hydroxylation sites is 1. The maximum absolute atomic E-state index is 12.3. The van der Waals surface area contributed by atoms with Gasteiger partial charge in [0, 0.05) is 12.6 Å². The number of nitrogens with zero attached hydrogens (tertiary/aromatic N) is 2. The zero-order valence-electron chi connectivity index (χ0n) is 12.3. The van der Waals surface area contributed by atoms with E-state index in [4.69, 9.17) is 5.11 Å². The average molecular weight is 286 g/mol. The molecule has 1 aromatic heterocycles. The third-order valence-electron chi connectivity index (χ3n) is 3.40. The van der Waals surface area contributed by atoms with Crippen LogP contribution in [0, 0.1) is 12.3 Å². The Morgan fingerprint density at radius 3 is 2.43 bits per heavy atom. The van der Waals surface area contributed by atoms with E-state index in [1.165, 1.54) is 0 Å². The molecule has 1 heterocycles. The van der Waals surface area contributed by atoms with Crippen molar-refractivity contribution < 1.29 is 14.7 Å². The van der Waals surface area contributed by atoms with Gasteiger partial charge in [-0.15, -0.1) is 0 Å². The van der Waals surface area contributed by atoms with Crippen molar-refractivity contribution in [2.45, 2.75) is 27.2 Å². The van der Waals surface area contributed by atoms with Crippen molar-refractivity contribution in [1.82, 2.24) is 9.78 Å². The zero-order chi connectivity index (χ0) is 15.6. The van der Waals surface area contributed by atoms with Crippen LogP contribution in [0.4, 0.5) is 0 Å². The summed E-state index contributed by atoms with van der Waals surface area (Å²) in [5.41, 5.74) is 0.841. The Morgan fingerprint density at radius 1 is 1.24 bits per heavy atom. The number of carbonyl (C=O) groups is 2. The first-order valence-electron chi connectivity index (χ1n) is 6.69. The third-order valence-corrected chi connectivity index (χ3v) is 3.40. The Bertz CT molecular complexity index is 672. The second kappa shape index (κ2) is 5.52. The van der Waals surface area contributed by atoms with E-state index >= 15 is 0 Å². The molecule has 0 aliphatic heterocycles. The van der Waals surface area contributed by atoms with E-state index in [0.29, 0.717) is 11.3 Å². The van der Waals surface area contributed by atoms with Crippen LogP contribution < -0.4 is 0 Å². The summed E-state index contributed by atoms with van der Waals surface area (Å²) in [5.74, 6) is -1.19. The van der Waals surface area contributed by atoms with E-state index in [1.54, 1.807) is 31.6 Å². The van der Waals surface area contributed by atoms with Crippen molar-refractivity contribution in [3.05, 3.63) is 47.8 Å². The Morgan fingerprint density at radius 2 is 1.86 bits per heavy atom. The monoisotopic (exact) mass is 286 g/mol. The molecular formula is C16H18N2O3. The molecule has 0 bridgehead atoms. The average Bonchev–Trinajstić information content (AvgIpc) is 2.81. The van der Waals surface area contributed by atoms with Gasteiger partial charge in [-0.3, -0.25) is 9.59 Å². The van der Waals surface area contributed by atoms with Crippen LogP contribution in [-0.4, -0.2) is 26.6 Å². The molecule has 1 aromatic carbocycles. The van der Waals surface area contributed by atoms with Gasteiger partial charge in [0.15, 0.2) is 5.78 Å². The van der Waals surface area contributed by atoms with Gasteiger partial charge < -0.3 is 5.11 Å². The number of hydrogen-bond donors (Lipinski definition) is 1. The summed E-state index contributed by atoms with van der Waals surface area (Å²) >= 11 is 0. The second-order valence-corrected chi connectivity index (χ2v) is 5.70. The number of carboxylic acid groups (broad SMARTS) is 1. The van der Waals surface area contributed by atoms with Gasteiger partial charge in [-0.1, -0.05) is 18.2 Å². The van der Waals surface area contributed by atoms with E-state index in [9.17, 15) is 9.59 Å². The predicted octanol–water partition coefficient (Wildman–Crippen LogP) is 2.86. The highest BCUT2D eigenvalue weighted by Crippen LogP contribution is 2.24. The quantitative estimate of drug-likeness (QED) is 0.858. The van der Waals surface area contributed by atoms with Gasteiger partial charge in [-0.05, 0) is 32.9 Å². The molecule has 5 nitrogen and oxygen atoms in total. The standard InChI is InChI=1S/C16H18N2O3/c1-11-13(14(19)9-16(2,3)15(20)21)10-18(17-11)12-7-5-4-6-8-12/h4-8,10H,9H2,1-3H3,(H,20,21). The first kappa shape index (κ1) is 15.0. The molecule has 0 saturated carbocycles. The Hall–Kier alpha value is -2.43. The minimum absolute atomic E-state index is 0.0519. The molecule has 2 aromatic rings. The summed E-state index contributed by atoms with van der Waals surface area (Å²) in [6.07, 6.45) is 1.61. The van der Waals surface area contributed by atoms with Gasteiger partial charge >= 0.3 is 5.97 Å². The molecule has 2 rings (SSSR count). The zero-order valence-corrected chi connectivity index (χ0v) is 12.3. The Kier molecular flexibility index (Phi) is 3.93. The van der Waals surface area contributed by atoms with Crippen molar-refractivity contribution in [3.8, 4) is 5.69 Å². The van der Waals surface area contributed by atoms with Gasteiger partial charge in [0.1, 0.15) is 0 Å². The predicted molar refractivity (Wildman–Crippen MR) is 78.7 cm³/mol. The minimum Gasteiger partial charge on any atom is -0.481 e. The molecule has 0 unspecified atom stereocenters. The molecule has 0 amide bonds. The van der Waals surface area contributed by atoms with E-state index < -0.39 is 11.4 Å². The van der Waals surface area contributed by atoms with Crippen molar-refractivity contribution in [2.75, 3.05) is 0 Å². The number of rotatable bonds is 5. The summed E-state index contributed by atoms with van der Waals surface area (Å²) in [7, 11) is 0. The fourth-order valence-electron chi connectivity index (χ4n) is 2.02. The molecule has 0 aliphatic rings. The van der Waals surface area contributed by atoms with E-state index in [-0.39, 0.29) is 12.2 Å². The fraction of sp³-hybridized carbons (Fsp3) is 0.312. The van der Waals surface area contributed by atoms with Gasteiger partial charge in [0.2, 0.25) is 0 Å². The van der Waals surface area contributed by atoms with Crippen LogP contribution in [0.25, 0.3) is 5.69 Å². The molecule has 110 valence electrons. The third kappa shape index (κ3) is 3.18. The molecular weight excluding hydrogens is 268 g/mol. The number of Topliss-reactive ketones (excluding diaryl/α,β-unsaturated/α-hetero) is 1.